The first-order valence-electron chi connectivity index (χ1n) is 21.0. The van der Waals surface area contributed by atoms with Gasteiger partial charge in [0.25, 0.3) is 0 Å². The molecule has 0 radical (unpaired) electrons. The molecule has 5 aromatic carbocycles. The number of aromatic carboxylic acids is 2. The summed E-state index contributed by atoms with van der Waals surface area (Å²) < 4.78 is 13.7. The lowest BCUT2D eigenvalue weighted by Crippen LogP contribution is -2.25. The number of fused-ring (bicyclic) bond motifs is 4. The van der Waals surface area contributed by atoms with E-state index in [4.69, 9.17) is 8.83 Å². The third-order valence-electron chi connectivity index (χ3n) is 11.2. The molecule has 58 heavy (non-hydrogen) atoms. The molecule has 0 aliphatic heterocycles. The number of carbonyl (C=O) groups is 2. The van der Waals surface area contributed by atoms with Gasteiger partial charge in [0, 0.05) is 48.7 Å². The van der Waals surface area contributed by atoms with Crippen LogP contribution in [0.1, 0.15) is 99.8 Å². The van der Waals surface area contributed by atoms with Crippen LogP contribution in [0.25, 0.3) is 66.1 Å². The third kappa shape index (κ3) is 8.06. The van der Waals surface area contributed by atoms with Crippen LogP contribution in [-0.4, -0.2) is 48.3 Å². The highest BCUT2D eigenvalue weighted by Gasteiger charge is 2.31. The first-order valence-corrected chi connectivity index (χ1v) is 21.0. The smallest absolute Gasteiger partial charge is 0.371 e. The average molecular weight is 779 g/mol. The molecule has 0 unspecified atom stereocenters. The summed E-state index contributed by atoms with van der Waals surface area (Å²) in [6, 6.07) is 30.5. The molecule has 0 bridgehead atoms. The van der Waals surface area contributed by atoms with E-state index >= 15 is 0 Å². The Kier molecular flexibility index (Phi) is 12.5. The van der Waals surface area contributed by atoms with Crippen LogP contribution in [0.4, 0.5) is 11.4 Å². The Morgan fingerprint density at radius 1 is 0.466 bits per heavy atom. The highest BCUT2D eigenvalue weighted by molar-refractivity contribution is 6.18. The Balaban J connectivity index is 1.58. The van der Waals surface area contributed by atoms with Gasteiger partial charge in [0.1, 0.15) is 6.07 Å². The second-order valence-electron chi connectivity index (χ2n) is 15.2. The lowest BCUT2D eigenvalue weighted by atomic mass is 9.90. The van der Waals surface area contributed by atoms with E-state index in [2.05, 4.69) is 61.8 Å². The van der Waals surface area contributed by atoms with Crippen molar-refractivity contribution in [1.82, 2.24) is 0 Å². The van der Waals surface area contributed by atoms with Gasteiger partial charge in [0.2, 0.25) is 0 Å². The monoisotopic (exact) mass is 778 g/mol. The number of nitrogens with zero attached hydrogens (tertiary/aromatic N) is 2. The topological polar surface area (TPSA) is 104 Å². The van der Waals surface area contributed by atoms with Crippen molar-refractivity contribution in [1.29, 1.82) is 0 Å². The molecule has 0 aliphatic carbocycles. The minimum atomic E-state index is -1.03. The van der Waals surface area contributed by atoms with Crippen molar-refractivity contribution in [3.63, 3.8) is 0 Å². The zero-order valence-corrected chi connectivity index (χ0v) is 34.1. The van der Waals surface area contributed by atoms with Crippen LogP contribution in [0.2, 0.25) is 0 Å². The zero-order valence-electron chi connectivity index (χ0n) is 34.1. The van der Waals surface area contributed by atoms with E-state index in [1.54, 1.807) is 24.3 Å². The number of unbranched alkanes of at least 4 members (excludes halogenated alkanes) is 4. The summed E-state index contributed by atoms with van der Waals surface area (Å²) in [4.78, 5) is 30.4. The van der Waals surface area contributed by atoms with Crippen LogP contribution in [-0.2, 0) is 0 Å². The van der Waals surface area contributed by atoms with E-state index in [0.717, 1.165) is 111 Å². The summed E-state index contributed by atoms with van der Waals surface area (Å²) in [7, 11) is 0. The van der Waals surface area contributed by atoms with Crippen molar-refractivity contribution >= 4 is 67.2 Å². The summed E-state index contributed by atoms with van der Waals surface area (Å²) in [5.41, 5.74) is 7.40. The molecule has 0 atom stereocenters. The number of benzene rings is 5. The Bertz CT molecular complexity index is 2420. The number of hydrogen-bond donors (Lipinski definition) is 2. The van der Waals surface area contributed by atoms with Gasteiger partial charge < -0.3 is 20.0 Å². The Morgan fingerprint density at radius 2 is 0.828 bits per heavy atom. The molecular formula is C50H54N2O6+2. The van der Waals surface area contributed by atoms with Crippen molar-refractivity contribution in [2.75, 3.05) is 36.0 Å². The van der Waals surface area contributed by atoms with Crippen molar-refractivity contribution in [2.24, 2.45) is 0 Å². The van der Waals surface area contributed by atoms with Crippen molar-refractivity contribution in [3.8, 4) is 22.3 Å². The van der Waals surface area contributed by atoms with Crippen molar-refractivity contribution in [3.05, 3.63) is 108 Å². The van der Waals surface area contributed by atoms with Gasteiger partial charge in [-0.05, 0) is 79.3 Å². The molecule has 2 heterocycles. The van der Waals surface area contributed by atoms with E-state index in [9.17, 15) is 19.8 Å². The fourth-order valence-electron chi connectivity index (χ4n) is 8.14. The molecule has 0 saturated carbocycles. The molecule has 2 N–H and O–H groups in total. The molecule has 2 aromatic heterocycles. The molecule has 0 fully saturated rings. The molecule has 298 valence electrons. The maximum Gasteiger partial charge on any atom is 0.371 e. The van der Waals surface area contributed by atoms with Gasteiger partial charge in [0.05, 0.1) is 44.8 Å². The first kappa shape index (κ1) is 40.2. The van der Waals surface area contributed by atoms with Crippen molar-refractivity contribution in [2.45, 2.75) is 79.1 Å². The lowest BCUT2D eigenvalue weighted by molar-refractivity contribution is 0.0687. The molecule has 8 nitrogen and oxygen atoms in total. The Hall–Kier alpha value is -6.02. The number of carboxylic acids is 2. The SMILES string of the molecule is CCCCN(CCCC)c1ccc2c(-c3ccccc3C(=O)O)c3cc4c(-c5ccccc5C(=O)O)c5ccc(N(CCCC)CCCC)cc5[o+]c4cc3[o+]c2c1. The molecule has 7 rings (SSSR count). The quantitative estimate of drug-likeness (QED) is 0.0655. The molecule has 8 heteroatoms. The van der Waals surface area contributed by atoms with E-state index in [-0.39, 0.29) is 11.1 Å². The molecule has 0 amide bonds. The van der Waals surface area contributed by atoms with Crippen LogP contribution in [0.5, 0.6) is 0 Å². The Labute approximate surface area is 340 Å². The first-order chi connectivity index (χ1) is 28.3. The second-order valence-corrected chi connectivity index (χ2v) is 15.2. The highest BCUT2D eigenvalue weighted by atomic mass is 16.4. The number of carboxylic acid groups (broad SMARTS) is 2. The molecule has 0 spiro atoms. The summed E-state index contributed by atoms with van der Waals surface area (Å²) in [5, 5.41) is 23.9. The predicted octanol–water partition coefficient (Wildman–Crippen LogP) is 13.6. The van der Waals surface area contributed by atoms with E-state index in [0.29, 0.717) is 44.2 Å². The molecule has 7 aromatic rings. The fourth-order valence-corrected chi connectivity index (χ4v) is 8.14. The second kappa shape index (κ2) is 18.1. The summed E-state index contributed by atoms with van der Waals surface area (Å²) >= 11 is 0. The zero-order chi connectivity index (χ0) is 40.8. The van der Waals surface area contributed by atoms with Gasteiger partial charge in [-0.15, -0.1) is 0 Å². The van der Waals surface area contributed by atoms with Crippen molar-refractivity contribution < 1.29 is 28.6 Å². The third-order valence-corrected chi connectivity index (χ3v) is 11.2. The van der Waals surface area contributed by atoms with Gasteiger partial charge in [-0.2, -0.15) is 0 Å². The van der Waals surface area contributed by atoms with Gasteiger partial charge in [0.15, 0.2) is 0 Å². The van der Waals surface area contributed by atoms with E-state index < -0.39 is 11.9 Å². The number of rotatable bonds is 18. The van der Waals surface area contributed by atoms with Gasteiger partial charge in [-0.1, -0.05) is 89.8 Å². The van der Waals surface area contributed by atoms with Crippen LogP contribution in [0.15, 0.2) is 106 Å². The van der Waals surface area contributed by atoms with Gasteiger partial charge >= 0.3 is 34.3 Å². The Morgan fingerprint density at radius 3 is 1.19 bits per heavy atom. The van der Waals surface area contributed by atoms with E-state index in [1.165, 1.54) is 0 Å². The van der Waals surface area contributed by atoms with E-state index in [1.807, 2.05) is 48.5 Å². The van der Waals surface area contributed by atoms with Crippen LogP contribution >= 0.6 is 0 Å². The minimum Gasteiger partial charge on any atom is -0.478 e. The molecule has 0 saturated heterocycles. The fraction of sp³-hybridized carbons (Fsp3) is 0.320. The van der Waals surface area contributed by atoms with Crippen LogP contribution < -0.4 is 9.80 Å². The van der Waals surface area contributed by atoms with Crippen LogP contribution in [0.3, 0.4) is 0 Å². The maximum absolute atomic E-state index is 12.8. The standard InChI is InChI=1S/C50H52N2O6/c1-5-9-25-51(26-10-6-2)33-21-23-39-43(29-33)57-45-32-46-42(31-41(45)47(39)35-17-13-15-19-37(35)49(53)54)48(36-18-14-16-20-38(36)50(55)56)40-24-22-34(30-44(40)58-46)52(27-11-7-3)28-12-8-4/h13-24,29-32H,5-12,25-28H2,1-4H3/p+2. The summed E-state index contributed by atoms with van der Waals surface area (Å²) in [5.74, 6) is -2.06. The number of anilines is 2. The maximum atomic E-state index is 12.8. The van der Waals surface area contributed by atoms with Gasteiger partial charge in [-0.3, -0.25) is 0 Å². The largest absolute Gasteiger partial charge is 0.478 e. The normalized spacial score (nSPS) is 11.5. The summed E-state index contributed by atoms with van der Waals surface area (Å²) in [6.07, 6.45) is 8.62. The molecular weight excluding hydrogens is 725 g/mol. The van der Waals surface area contributed by atoms with Crippen LogP contribution in [0, 0.1) is 0 Å². The lowest BCUT2D eigenvalue weighted by Gasteiger charge is -2.24. The predicted molar refractivity (Wildman–Crippen MR) is 239 cm³/mol. The highest BCUT2D eigenvalue weighted by Crippen LogP contribution is 2.45. The minimum absolute atomic E-state index is 0.177. The summed E-state index contributed by atoms with van der Waals surface area (Å²) in [6.45, 7) is 12.5. The molecule has 0 aliphatic rings. The number of hydrogen-bond acceptors (Lipinski definition) is 4. The van der Waals surface area contributed by atoms with Gasteiger partial charge in [-0.25, -0.2) is 18.4 Å². The average Bonchev–Trinajstić information content (AvgIpc) is 3.23.